The fourth-order valence-electron chi connectivity index (χ4n) is 4.27. The van der Waals surface area contributed by atoms with E-state index >= 15 is 0 Å². The van der Waals surface area contributed by atoms with Crippen molar-refractivity contribution in [2.75, 3.05) is 11.1 Å². The van der Waals surface area contributed by atoms with Gasteiger partial charge in [-0.25, -0.2) is 4.79 Å². The Labute approximate surface area is 231 Å². The average molecular weight is 546 g/mol. The highest BCUT2D eigenvalue weighted by Crippen LogP contribution is 2.39. The van der Waals surface area contributed by atoms with Crippen molar-refractivity contribution in [3.05, 3.63) is 107 Å². The van der Waals surface area contributed by atoms with Gasteiger partial charge < -0.3 is 29.8 Å². The highest BCUT2D eigenvalue weighted by Gasteiger charge is 2.32. The zero-order valence-electron chi connectivity index (χ0n) is 21.6. The lowest BCUT2D eigenvalue weighted by Gasteiger charge is -2.36. The molecule has 0 aliphatic carbocycles. The molecule has 1 saturated heterocycles. The molecule has 0 spiro atoms. The molecule has 0 radical (unpaired) electrons. The van der Waals surface area contributed by atoms with E-state index in [-0.39, 0.29) is 24.8 Å². The van der Waals surface area contributed by atoms with E-state index in [1.54, 1.807) is 18.1 Å². The summed E-state index contributed by atoms with van der Waals surface area (Å²) < 4.78 is 14.7. The number of carbonyl (C=O) groups excluding carboxylic acids is 1. The molecular weight excluding hydrogens is 514 g/mol. The van der Waals surface area contributed by atoms with Crippen LogP contribution in [0.25, 0.3) is 0 Å². The third-order valence-corrected chi connectivity index (χ3v) is 7.59. The first-order valence-corrected chi connectivity index (χ1v) is 13.7. The molecule has 2 heterocycles. The van der Waals surface area contributed by atoms with E-state index in [0.717, 1.165) is 27.4 Å². The van der Waals surface area contributed by atoms with Crippen molar-refractivity contribution in [3.63, 3.8) is 0 Å². The number of urea groups is 1. The van der Waals surface area contributed by atoms with Gasteiger partial charge in [-0.1, -0.05) is 78.5 Å². The number of aliphatic hydroxyl groups excluding tert-OH is 1. The molecule has 3 aromatic carbocycles. The first-order valence-electron chi connectivity index (χ1n) is 12.7. The SMILES string of the molecule is Cn1cnnc1SC[C@H]1C[C@@H](c2ccc(CO)cc2)O[C@@H](c2ccc(NC(=O)NCc3ccccc3)cc2)O1. The Hall–Kier alpha value is -3.70. The second kappa shape index (κ2) is 12.9. The summed E-state index contributed by atoms with van der Waals surface area (Å²) in [6, 6.07) is 24.8. The van der Waals surface area contributed by atoms with Gasteiger partial charge in [-0.05, 0) is 28.8 Å². The molecule has 4 aromatic rings. The number of benzene rings is 3. The maximum atomic E-state index is 12.4. The van der Waals surface area contributed by atoms with Crippen LogP contribution < -0.4 is 10.6 Å². The minimum atomic E-state index is -0.577. The normalized spacial score (nSPS) is 19.0. The third kappa shape index (κ3) is 7.24. The van der Waals surface area contributed by atoms with Gasteiger partial charge in [0.2, 0.25) is 0 Å². The predicted molar refractivity (Wildman–Crippen MR) is 149 cm³/mol. The van der Waals surface area contributed by atoms with Crippen LogP contribution in [-0.4, -0.2) is 37.8 Å². The van der Waals surface area contributed by atoms with Crippen molar-refractivity contribution in [2.45, 2.75) is 43.2 Å². The van der Waals surface area contributed by atoms with Crippen LogP contribution in [0.15, 0.2) is 90.3 Å². The van der Waals surface area contributed by atoms with Crippen LogP contribution in [0.3, 0.4) is 0 Å². The number of carbonyl (C=O) groups is 1. The van der Waals surface area contributed by atoms with E-state index in [4.69, 9.17) is 9.47 Å². The fraction of sp³-hybridized carbons (Fsp3) is 0.276. The predicted octanol–water partition coefficient (Wildman–Crippen LogP) is 4.97. The molecular formula is C29H31N5O4S. The minimum Gasteiger partial charge on any atom is -0.392 e. The standard InChI is InChI=1S/C29H31N5O4S/c1-34-19-31-33-29(34)39-18-25-15-26(22-9-7-21(17-35)8-10-22)38-27(37-25)23-11-13-24(14-12-23)32-28(36)30-16-20-5-3-2-4-6-20/h2-14,19,25-27,35H,15-18H2,1H3,(H2,30,32,36)/t25-,26+,27+/m1/s1. The van der Waals surface area contributed by atoms with Gasteiger partial charge in [0.25, 0.3) is 0 Å². The van der Waals surface area contributed by atoms with Crippen LogP contribution in [0, 0.1) is 0 Å². The monoisotopic (exact) mass is 545 g/mol. The fourth-order valence-corrected chi connectivity index (χ4v) is 5.18. The third-order valence-electron chi connectivity index (χ3n) is 6.42. The first-order chi connectivity index (χ1) is 19.1. The van der Waals surface area contributed by atoms with E-state index in [2.05, 4.69) is 20.8 Å². The molecule has 1 aromatic heterocycles. The summed E-state index contributed by atoms with van der Waals surface area (Å²) in [5.74, 6) is 0.693. The molecule has 39 heavy (non-hydrogen) atoms. The smallest absolute Gasteiger partial charge is 0.319 e. The molecule has 5 rings (SSSR count). The van der Waals surface area contributed by atoms with Crippen molar-refractivity contribution < 1.29 is 19.4 Å². The van der Waals surface area contributed by atoms with Gasteiger partial charge in [-0.2, -0.15) is 0 Å². The molecule has 9 nitrogen and oxygen atoms in total. The Balaban J connectivity index is 1.25. The van der Waals surface area contributed by atoms with Crippen LogP contribution in [0.2, 0.25) is 0 Å². The van der Waals surface area contributed by atoms with Gasteiger partial charge in [-0.3, -0.25) is 0 Å². The zero-order valence-corrected chi connectivity index (χ0v) is 22.4. The van der Waals surface area contributed by atoms with Crippen molar-refractivity contribution >= 4 is 23.5 Å². The molecule has 0 unspecified atom stereocenters. The lowest BCUT2D eigenvalue weighted by Crippen LogP contribution is -2.31. The van der Waals surface area contributed by atoms with Crippen LogP contribution in [-0.2, 0) is 29.7 Å². The molecule has 2 amide bonds. The summed E-state index contributed by atoms with van der Waals surface area (Å²) in [6.45, 7) is 0.447. The lowest BCUT2D eigenvalue weighted by molar-refractivity contribution is -0.245. The van der Waals surface area contributed by atoms with Gasteiger partial charge in [0.1, 0.15) is 6.33 Å². The summed E-state index contributed by atoms with van der Waals surface area (Å²) in [4.78, 5) is 12.4. The highest BCUT2D eigenvalue weighted by atomic mass is 32.2. The highest BCUT2D eigenvalue weighted by molar-refractivity contribution is 7.99. The van der Waals surface area contributed by atoms with E-state index in [0.29, 0.717) is 24.4 Å². The number of thioether (sulfide) groups is 1. The number of aryl methyl sites for hydroxylation is 1. The van der Waals surface area contributed by atoms with E-state index in [1.807, 2.05) is 90.5 Å². The summed E-state index contributed by atoms with van der Waals surface area (Å²) in [5.41, 5.74) is 4.44. The molecule has 3 N–H and O–H groups in total. The Bertz CT molecular complexity index is 1350. The van der Waals surface area contributed by atoms with Gasteiger partial charge in [0.05, 0.1) is 18.8 Å². The second-order valence-corrected chi connectivity index (χ2v) is 10.3. The van der Waals surface area contributed by atoms with Gasteiger partial charge in [0.15, 0.2) is 11.4 Å². The maximum absolute atomic E-state index is 12.4. The zero-order chi connectivity index (χ0) is 27.0. The molecule has 202 valence electrons. The van der Waals surface area contributed by atoms with Crippen molar-refractivity contribution in [2.24, 2.45) is 7.05 Å². The molecule has 3 atom stereocenters. The summed E-state index contributed by atoms with van der Waals surface area (Å²) in [5, 5.41) is 24.1. The number of aliphatic hydroxyl groups is 1. The van der Waals surface area contributed by atoms with E-state index in [9.17, 15) is 9.90 Å². The van der Waals surface area contributed by atoms with Crippen molar-refractivity contribution in [1.82, 2.24) is 20.1 Å². The number of nitrogens with zero attached hydrogens (tertiary/aromatic N) is 3. The summed E-state index contributed by atoms with van der Waals surface area (Å²) in [6.07, 6.45) is 1.52. The van der Waals surface area contributed by atoms with Crippen LogP contribution in [0.4, 0.5) is 10.5 Å². The van der Waals surface area contributed by atoms with Gasteiger partial charge in [0, 0.05) is 37.0 Å². The number of amides is 2. The Kier molecular flexibility index (Phi) is 8.89. The Morgan fingerprint density at radius 1 is 1.00 bits per heavy atom. The number of ether oxygens (including phenoxy) is 2. The van der Waals surface area contributed by atoms with Crippen molar-refractivity contribution in [1.29, 1.82) is 0 Å². The number of aromatic nitrogens is 3. The first kappa shape index (κ1) is 26.9. The number of anilines is 1. The largest absolute Gasteiger partial charge is 0.392 e. The van der Waals surface area contributed by atoms with E-state index < -0.39 is 6.29 Å². The molecule has 1 aliphatic heterocycles. The number of hydrogen-bond donors (Lipinski definition) is 3. The Morgan fingerprint density at radius 3 is 2.44 bits per heavy atom. The minimum absolute atomic E-state index is 0.000826. The van der Waals surface area contributed by atoms with Crippen molar-refractivity contribution in [3.8, 4) is 0 Å². The second-order valence-electron chi connectivity index (χ2n) is 9.30. The number of rotatable bonds is 9. The van der Waals surface area contributed by atoms with E-state index in [1.165, 1.54) is 0 Å². The molecule has 10 heteroatoms. The summed E-state index contributed by atoms with van der Waals surface area (Å²) in [7, 11) is 1.92. The molecule has 0 bridgehead atoms. The Morgan fingerprint density at radius 2 is 1.74 bits per heavy atom. The molecule has 0 saturated carbocycles. The molecule has 1 aliphatic rings. The summed E-state index contributed by atoms with van der Waals surface area (Å²) >= 11 is 1.59. The maximum Gasteiger partial charge on any atom is 0.319 e. The van der Waals surface area contributed by atoms with Crippen LogP contribution >= 0.6 is 11.8 Å². The average Bonchev–Trinajstić information content (AvgIpc) is 3.40. The quantitative estimate of drug-likeness (QED) is 0.255. The number of nitrogens with one attached hydrogen (secondary N) is 2. The number of hydrogen-bond acceptors (Lipinski definition) is 7. The van der Waals surface area contributed by atoms with Gasteiger partial charge >= 0.3 is 6.03 Å². The van der Waals surface area contributed by atoms with Gasteiger partial charge in [-0.15, -0.1) is 10.2 Å². The lowest BCUT2D eigenvalue weighted by atomic mass is 10.0. The topological polar surface area (TPSA) is 111 Å². The van der Waals surface area contributed by atoms with Crippen LogP contribution in [0.5, 0.6) is 0 Å². The molecule has 1 fully saturated rings. The van der Waals surface area contributed by atoms with Crippen LogP contribution in [0.1, 0.15) is 41.1 Å².